The number of hydrogen-bond acceptors (Lipinski definition) is 6. The number of aromatic nitrogens is 1. The zero-order chi connectivity index (χ0) is 16.0. The molecule has 2 fully saturated rings. The summed E-state index contributed by atoms with van der Waals surface area (Å²) in [6, 6.07) is 7.88. The van der Waals surface area contributed by atoms with Crippen molar-refractivity contribution in [2.75, 3.05) is 38.1 Å². The van der Waals surface area contributed by atoms with Gasteiger partial charge in [0.05, 0.1) is 22.7 Å². The number of hydrogen-bond donors (Lipinski definition) is 0. The number of likely N-dealkylation sites (N-methyl/N-ethyl adjacent to an activating group) is 1. The van der Waals surface area contributed by atoms with E-state index in [4.69, 9.17) is 4.98 Å². The third-order valence-corrected chi connectivity index (χ3v) is 5.76. The van der Waals surface area contributed by atoms with Crippen LogP contribution in [0.15, 0.2) is 24.3 Å². The molecule has 4 rings (SSSR count). The molecule has 2 amide bonds. The molecule has 7 heteroatoms. The van der Waals surface area contributed by atoms with Crippen molar-refractivity contribution in [3.63, 3.8) is 0 Å². The summed E-state index contributed by atoms with van der Waals surface area (Å²) >= 11 is 1.71. The predicted molar refractivity (Wildman–Crippen MR) is 89.6 cm³/mol. The summed E-state index contributed by atoms with van der Waals surface area (Å²) in [5, 5.41) is 1.04. The van der Waals surface area contributed by atoms with Crippen LogP contribution < -0.4 is 4.90 Å². The molecular weight excluding hydrogens is 312 g/mol. The first kappa shape index (κ1) is 14.6. The topological polar surface area (TPSA) is 56.8 Å². The maximum atomic E-state index is 12.1. The van der Waals surface area contributed by atoms with Crippen molar-refractivity contribution in [2.24, 2.45) is 0 Å². The number of carbonyl (C=O) groups excluding carboxylic acids is 2. The molecule has 2 aromatic rings. The van der Waals surface area contributed by atoms with Crippen LogP contribution >= 0.6 is 11.3 Å². The molecule has 2 aliphatic rings. The maximum absolute atomic E-state index is 12.1. The van der Waals surface area contributed by atoms with Crippen LogP contribution in [0, 0.1) is 0 Å². The quantitative estimate of drug-likeness (QED) is 0.774. The molecular formula is C16H18N4O2S. The third-order valence-electron chi connectivity index (χ3n) is 4.67. The minimum Gasteiger partial charge on any atom is -0.345 e. The van der Waals surface area contributed by atoms with E-state index >= 15 is 0 Å². The average Bonchev–Trinajstić information content (AvgIpc) is 3.12. The molecule has 1 aromatic heterocycles. The first-order valence-corrected chi connectivity index (χ1v) is 8.60. The Morgan fingerprint density at radius 1 is 1.13 bits per heavy atom. The third kappa shape index (κ3) is 2.49. The highest BCUT2D eigenvalue weighted by Crippen LogP contribution is 2.29. The average molecular weight is 330 g/mol. The van der Waals surface area contributed by atoms with Gasteiger partial charge >= 0.3 is 0 Å². The molecule has 0 aliphatic carbocycles. The maximum Gasteiger partial charge on any atom is 0.246 e. The molecule has 0 radical (unpaired) electrons. The summed E-state index contributed by atoms with van der Waals surface area (Å²) < 4.78 is 1.20. The molecule has 0 unspecified atom stereocenters. The van der Waals surface area contributed by atoms with Gasteiger partial charge in [0.15, 0.2) is 5.13 Å². The van der Waals surface area contributed by atoms with E-state index in [1.54, 1.807) is 18.4 Å². The van der Waals surface area contributed by atoms with Crippen molar-refractivity contribution in [1.82, 2.24) is 14.8 Å². The summed E-state index contributed by atoms with van der Waals surface area (Å²) in [7, 11) is 1.57. The van der Waals surface area contributed by atoms with Crippen molar-refractivity contribution in [1.29, 1.82) is 0 Å². The van der Waals surface area contributed by atoms with Gasteiger partial charge in [-0.05, 0) is 12.1 Å². The number of carbonyl (C=O) groups is 2. The summed E-state index contributed by atoms with van der Waals surface area (Å²) in [5.74, 6) is -0.142. The van der Waals surface area contributed by atoms with Gasteiger partial charge in [0.25, 0.3) is 0 Å². The Morgan fingerprint density at radius 2 is 1.87 bits per heavy atom. The van der Waals surface area contributed by atoms with Gasteiger partial charge in [0, 0.05) is 33.2 Å². The first-order chi connectivity index (χ1) is 11.1. The van der Waals surface area contributed by atoms with Crippen LogP contribution in [0.2, 0.25) is 0 Å². The zero-order valence-corrected chi connectivity index (χ0v) is 13.8. The number of amides is 2. The standard InChI is InChI=1S/C16H18N4O2S/c1-18-14(21)10-12(15(18)22)19-6-8-20(9-7-19)16-17-11-4-2-3-5-13(11)23-16/h2-5,12H,6-10H2,1H3/t12-/m1/s1. The van der Waals surface area contributed by atoms with E-state index in [2.05, 4.69) is 15.9 Å². The number of benzene rings is 1. The number of para-hydroxylation sites is 1. The molecule has 3 heterocycles. The van der Waals surface area contributed by atoms with Crippen LogP contribution in [-0.2, 0) is 9.59 Å². The van der Waals surface area contributed by atoms with Crippen molar-refractivity contribution in [3.8, 4) is 0 Å². The van der Waals surface area contributed by atoms with Gasteiger partial charge in [-0.1, -0.05) is 23.5 Å². The Morgan fingerprint density at radius 3 is 2.52 bits per heavy atom. The van der Waals surface area contributed by atoms with Gasteiger partial charge < -0.3 is 4.90 Å². The molecule has 23 heavy (non-hydrogen) atoms. The number of nitrogens with zero attached hydrogens (tertiary/aromatic N) is 4. The van der Waals surface area contributed by atoms with E-state index in [0.29, 0.717) is 6.42 Å². The smallest absolute Gasteiger partial charge is 0.246 e. The van der Waals surface area contributed by atoms with E-state index < -0.39 is 0 Å². The minimum atomic E-state index is -0.273. The Hall–Kier alpha value is -1.99. The molecule has 1 atom stereocenters. The van der Waals surface area contributed by atoms with Crippen molar-refractivity contribution >= 4 is 38.5 Å². The zero-order valence-electron chi connectivity index (χ0n) is 12.9. The van der Waals surface area contributed by atoms with Gasteiger partial charge in [0.2, 0.25) is 11.8 Å². The SMILES string of the molecule is CN1C(=O)C[C@@H](N2CCN(c3nc4ccccc4s3)CC2)C1=O. The Kier molecular flexibility index (Phi) is 3.54. The lowest BCUT2D eigenvalue weighted by Gasteiger charge is -2.36. The van der Waals surface area contributed by atoms with E-state index in [1.165, 1.54) is 9.60 Å². The van der Waals surface area contributed by atoms with Gasteiger partial charge in [0.1, 0.15) is 0 Å². The van der Waals surface area contributed by atoms with Crippen LogP contribution in [0.5, 0.6) is 0 Å². The first-order valence-electron chi connectivity index (χ1n) is 7.78. The van der Waals surface area contributed by atoms with Crippen molar-refractivity contribution in [3.05, 3.63) is 24.3 Å². The van der Waals surface area contributed by atoms with E-state index in [9.17, 15) is 9.59 Å². The number of anilines is 1. The number of rotatable bonds is 2. The highest BCUT2D eigenvalue weighted by molar-refractivity contribution is 7.22. The highest BCUT2D eigenvalue weighted by atomic mass is 32.1. The summed E-state index contributed by atoms with van der Waals surface area (Å²) in [4.78, 5) is 34.2. The monoisotopic (exact) mass is 330 g/mol. The normalized spacial score (nSPS) is 23.3. The fraction of sp³-hybridized carbons (Fsp3) is 0.438. The van der Waals surface area contributed by atoms with Crippen LogP contribution in [0.3, 0.4) is 0 Å². The molecule has 0 spiro atoms. The molecule has 0 bridgehead atoms. The Balaban J connectivity index is 1.45. The molecule has 0 N–H and O–H groups in total. The van der Waals surface area contributed by atoms with Crippen LogP contribution in [0.1, 0.15) is 6.42 Å². The van der Waals surface area contributed by atoms with Gasteiger partial charge in [-0.2, -0.15) is 0 Å². The number of likely N-dealkylation sites (tertiary alicyclic amines) is 1. The second kappa shape index (κ2) is 5.58. The molecule has 2 saturated heterocycles. The van der Waals surface area contributed by atoms with Crippen LogP contribution in [0.25, 0.3) is 10.2 Å². The number of fused-ring (bicyclic) bond motifs is 1. The molecule has 1 aromatic carbocycles. The Bertz CT molecular complexity index is 733. The summed E-state index contributed by atoms with van der Waals surface area (Å²) in [5.41, 5.74) is 1.04. The lowest BCUT2D eigenvalue weighted by molar-refractivity contribution is -0.138. The lowest BCUT2D eigenvalue weighted by Crippen LogP contribution is -2.52. The van der Waals surface area contributed by atoms with Gasteiger partial charge in [-0.25, -0.2) is 4.98 Å². The lowest BCUT2D eigenvalue weighted by atomic mass is 10.2. The number of piperazine rings is 1. The largest absolute Gasteiger partial charge is 0.345 e. The van der Waals surface area contributed by atoms with Gasteiger partial charge in [-0.3, -0.25) is 19.4 Å². The number of imide groups is 1. The highest BCUT2D eigenvalue weighted by Gasteiger charge is 2.40. The molecule has 120 valence electrons. The van der Waals surface area contributed by atoms with E-state index in [-0.39, 0.29) is 17.9 Å². The minimum absolute atomic E-state index is 0.0663. The van der Waals surface area contributed by atoms with Crippen LogP contribution in [0.4, 0.5) is 5.13 Å². The van der Waals surface area contributed by atoms with E-state index in [0.717, 1.165) is 36.8 Å². The van der Waals surface area contributed by atoms with E-state index in [1.807, 2.05) is 18.2 Å². The summed E-state index contributed by atoms with van der Waals surface area (Å²) in [6.07, 6.45) is 0.316. The van der Waals surface area contributed by atoms with Crippen molar-refractivity contribution < 1.29 is 9.59 Å². The second-order valence-corrected chi connectivity index (χ2v) is 7.01. The fourth-order valence-electron chi connectivity index (χ4n) is 3.24. The van der Waals surface area contributed by atoms with Crippen molar-refractivity contribution in [2.45, 2.75) is 12.5 Å². The second-order valence-electron chi connectivity index (χ2n) is 6.00. The summed E-state index contributed by atoms with van der Waals surface area (Å²) in [6.45, 7) is 3.24. The van der Waals surface area contributed by atoms with Gasteiger partial charge in [-0.15, -0.1) is 0 Å². The molecule has 2 aliphatic heterocycles. The molecule has 6 nitrogen and oxygen atoms in total. The molecule has 0 saturated carbocycles. The van der Waals surface area contributed by atoms with Crippen LogP contribution in [-0.4, -0.2) is 65.9 Å². The number of thiazole rings is 1. The predicted octanol–water partition coefficient (Wildman–Crippen LogP) is 1.18. The Labute approximate surface area is 138 Å². The fourth-order valence-corrected chi connectivity index (χ4v) is 4.26.